The van der Waals surface area contributed by atoms with Crippen LogP contribution >= 0.6 is 0 Å². The van der Waals surface area contributed by atoms with Crippen LogP contribution in [0, 0.1) is 10.1 Å². The first-order valence-corrected chi connectivity index (χ1v) is 12.0. The Balaban J connectivity index is 1.64. The summed E-state index contributed by atoms with van der Waals surface area (Å²) in [7, 11) is -0.627. The normalized spacial score (nSPS) is 16.3. The fourth-order valence-corrected chi connectivity index (χ4v) is 5.27. The first kappa shape index (κ1) is 22.2. The number of nitro benzene ring substituents is 1. The molecule has 0 atom stereocenters. The van der Waals surface area contributed by atoms with E-state index < -0.39 is 14.9 Å². The number of nitrogens with zero attached hydrogens (tertiary/aromatic N) is 4. The molecule has 0 spiro atoms. The minimum absolute atomic E-state index is 0.0652. The van der Waals surface area contributed by atoms with E-state index in [1.807, 2.05) is 4.90 Å². The maximum absolute atomic E-state index is 13.2. The van der Waals surface area contributed by atoms with Gasteiger partial charge in [0.05, 0.1) is 9.82 Å². The molecule has 0 unspecified atom stereocenters. The number of amides is 1. The molecule has 0 N–H and O–H groups in total. The molecule has 32 heavy (non-hydrogen) atoms. The van der Waals surface area contributed by atoms with Crippen molar-refractivity contribution in [3.05, 3.63) is 57.6 Å². The molecular weight excluding hydrogens is 432 g/mol. The molecule has 1 saturated heterocycles. The molecule has 2 aromatic rings. The number of rotatable bonds is 5. The SMILES string of the molecule is CN(C)S(=O)(=O)c1ccc2c(c1)CCN2C(=O)c1ccc(N2CCCCC2)c([N+](=O)[O-])c1. The summed E-state index contributed by atoms with van der Waals surface area (Å²) in [6, 6.07) is 9.38. The molecule has 9 nitrogen and oxygen atoms in total. The quantitative estimate of drug-likeness (QED) is 0.504. The number of piperidine rings is 1. The zero-order chi connectivity index (χ0) is 23.0. The predicted molar refractivity (Wildman–Crippen MR) is 122 cm³/mol. The largest absolute Gasteiger partial charge is 0.366 e. The summed E-state index contributed by atoms with van der Waals surface area (Å²) >= 11 is 0. The summed E-state index contributed by atoms with van der Waals surface area (Å²) in [6.07, 6.45) is 3.63. The minimum atomic E-state index is -3.57. The maximum atomic E-state index is 13.2. The molecule has 0 bridgehead atoms. The molecular formula is C22H26N4O5S. The molecule has 0 aliphatic carbocycles. The highest BCUT2D eigenvalue weighted by Crippen LogP contribution is 2.35. The third kappa shape index (κ3) is 3.95. The maximum Gasteiger partial charge on any atom is 0.293 e. The van der Waals surface area contributed by atoms with Gasteiger partial charge in [-0.25, -0.2) is 12.7 Å². The van der Waals surface area contributed by atoms with E-state index in [1.165, 1.54) is 26.2 Å². The van der Waals surface area contributed by atoms with Gasteiger partial charge in [-0.3, -0.25) is 14.9 Å². The minimum Gasteiger partial charge on any atom is -0.366 e. The summed E-state index contributed by atoms with van der Waals surface area (Å²) in [5.74, 6) is -0.333. The lowest BCUT2D eigenvalue weighted by Gasteiger charge is -2.28. The van der Waals surface area contributed by atoms with Gasteiger partial charge in [0.2, 0.25) is 10.0 Å². The molecule has 4 rings (SSSR count). The van der Waals surface area contributed by atoms with E-state index in [4.69, 9.17) is 0 Å². The first-order chi connectivity index (χ1) is 15.2. The molecule has 2 aromatic carbocycles. The smallest absolute Gasteiger partial charge is 0.293 e. The van der Waals surface area contributed by atoms with Crippen molar-refractivity contribution < 1.29 is 18.1 Å². The van der Waals surface area contributed by atoms with E-state index in [0.29, 0.717) is 24.3 Å². The van der Waals surface area contributed by atoms with Crippen molar-refractivity contribution in [3.63, 3.8) is 0 Å². The highest BCUT2D eigenvalue weighted by molar-refractivity contribution is 7.89. The second-order valence-electron chi connectivity index (χ2n) is 8.29. The monoisotopic (exact) mass is 458 g/mol. The summed E-state index contributed by atoms with van der Waals surface area (Å²) < 4.78 is 26.0. The third-order valence-electron chi connectivity index (χ3n) is 6.09. The van der Waals surface area contributed by atoms with Crippen molar-refractivity contribution in [1.82, 2.24) is 4.31 Å². The van der Waals surface area contributed by atoms with Gasteiger partial charge >= 0.3 is 0 Å². The van der Waals surface area contributed by atoms with Crippen LogP contribution in [0.1, 0.15) is 35.2 Å². The number of fused-ring (bicyclic) bond motifs is 1. The summed E-state index contributed by atoms with van der Waals surface area (Å²) in [5, 5.41) is 11.7. The average molecular weight is 459 g/mol. The van der Waals surface area contributed by atoms with Gasteiger partial charge in [0.15, 0.2) is 0 Å². The fraction of sp³-hybridized carbons (Fsp3) is 0.409. The molecule has 2 aliphatic heterocycles. The van der Waals surface area contributed by atoms with E-state index in [0.717, 1.165) is 42.2 Å². The van der Waals surface area contributed by atoms with Crippen LogP contribution < -0.4 is 9.80 Å². The molecule has 1 fully saturated rings. The van der Waals surface area contributed by atoms with E-state index in [2.05, 4.69) is 0 Å². The van der Waals surface area contributed by atoms with E-state index in [1.54, 1.807) is 29.2 Å². The Hall–Kier alpha value is -2.98. The Labute approximate surface area is 187 Å². The number of carbonyl (C=O) groups is 1. The lowest BCUT2D eigenvalue weighted by atomic mass is 10.1. The summed E-state index contributed by atoms with van der Waals surface area (Å²) in [5.41, 5.74) is 2.13. The number of benzene rings is 2. The van der Waals surface area contributed by atoms with Gasteiger partial charge in [-0.2, -0.15) is 0 Å². The van der Waals surface area contributed by atoms with Crippen LogP contribution in [0.3, 0.4) is 0 Å². The van der Waals surface area contributed by atoms with Crippen LogP contribution in [0.15, 0.2) is 41.3 Å². The van der Waals surface area contributed by atoms with Crippen LogP contribution in [0.2, 0.25) is 0 Å². The lowest BCUT2D eigenvalue weighted by molar-refractivity contribution is -0.384. The fourth-order valence-electron chi connectivity index (χ4n) is 4.32. The van der Waals surface area contributed by atoms with Gasteiger partial charge in [0.1, 0.15) is 5.69 Å². The lowest BCUT2D eigenvalue weighted by Crippen LogP contribution is -2.31. The molecule has 2 heterocycles. The zero-order valence-electron chi connectivity index (χ0n) is 18.2. The molecule has 2 aliphatic rings. The second kappa shape index (κ2) is 8.51. The van der Waals surface area contributed by atoms with Gasteiger partial charge in [-0.15, -0.1) is 0 Å². The van der Waals surface area contributed by atoms with Gasteiger partial charge in [0.25, 0.3) is 11.6 Å². The Morgan fingerprint density at radius 1 is 1.00 bits per heavy atom. The van der Waals surface area contributed by atoms with Gasteiger partial charge < -0.3 is 9.80 Å². The van der Waals surface area contributed by atoms with E-state index in [-0.39, 0.29) is 22.1 Å². The van der Waals surface area contributed by atoms with Crippen molar-refractivity contribution in [3.8, 4) is 0 Å². The standard InChI is InChI=1S/C22H26N4O5S/c1-23(2)32(30,31)18-7-9-19-16(14-18)10-13-25(19)22(27)17-6-8-20(21(15-17)26(28)29)24-11-4-3-5-12-24/h6-9,14-15H,3-5,10-13H2,1-2H3. The zero-order valence-corrected chi connectivity index (χ0v) is 19.0. The highest BCUT2D eigenvalue weighted by Gasteiger charge is 2.30. The van der Waals surface area contributed by atoms with E-state index >= 15 is 0 Å². The van der Waals surface area contributed by atoms with Gasteiger partial charge in [0, 0.05) is 51.0 Å². The van der Waals surface area contributed by atoms with Crippen LogP contribution in [0.4, 0.5) is 17.1 Å². The van der Waals surface area contributed by atoms with Gasteiger partial charge in [-0.1, -0.05) is 0 Å². The van der Waals surface area contributed by atoms with Gasteiger partial charge in [-0.05, 0) is 61.6 Å². The van der Waals surface area contributed by atoms with Crippen molar-refractivity contribution in [2.75, 3.05) is 43.5 Å². The molecule has 0 radical (unpaired) electrons. The second-order valence-corrected chi connectivity index (χ2v) is 10.4. The Kier molecular flexibility index (Phi) is 5.91. The highest BCUT2D eigenvalue weighted by atomic mass is 32.2. The van der Waals surface area contributed by atoms with Crippen molar-refractivity contribution in [2.45, 2.75) is 30.6 Å². The topological polar surface area (TPSA) is 104 Å². The molecule has 0 aromatic heterocycles. The Morgan fingerprint density at radius 2 is 1.69 bits per heavy atom. The first-order valence-electron chi connectivity index (χ1n) is 10.6. The van der Waals surface area contributed by atoms with Crippen molar-refractivity contribution >= 4 is 33.0 Å². The molecule has 10 heteroatoms. The Morgan fingerprint density at radius 3 is 2.34 bits per heavy atom. The van der Waals surface area contributed by atoms with Crippen molar-refractivity contribution in [2.24, 2.45) is 0 Å². The van der Waals surface area contributed by atoms with Crippen LogP contribution in [0.5, 0.6) is 0 Å². The van der Waals surface area contributed by atoms with Crippen molar-refractivity contribution in [1.29, 1.82) is 0 Å². The number of sulfonamides is 1. The van der Waals surface area contributed by atoms with Crippen LogP contribution in [-0.4, -0.2) is 57.3 Å². The number of carbonyl (C=O) groups excluding carboxylic acids is 1. The van der Waals surface area contributed by atoms with Crippen LogP contribution in [-0.2, 0) is 16.4 Å². The number of nitro groups is 1. The Bertz CT molecular complexity index is 1170. The molecule has 1 amide bonds. The number of anilines is 2. The predicted octanol–water partition coefficient (Wildman–Crippen LogP) is 3.04. The summed E-state index contributed by atoms with van der Waals surface area (Å²) in [4.78, 5) is 28.3. The summed E-state index contributed by atoms with van der Waals surface area (Å²) in [6.45, 7) is 1.93. The molecule has 0 saturated carbocycles. The van der Waals surface area contributed by atoms with E-state index in [9.17, 15) is 23.3 Å². The molecule has 170 valence electrons. The number of hydrogen-bond acceptors (Lipinski definition) is 6. The average Bonchev–Trinajstić information content (AvgIpc) is 3.22. The number of hydrogen-bond donors (Lipinski definition) is 0. The van der Waals surface area contributed by atoms with Crippen LogP contribution in [0.25, 0.3) is 0 Å². The third-order valence-corrected chi connectivity index (χ3v) is 7.90.